The number of hydrazine groups is 1. The summed E-state index contributed by atoms with van der Waals surface area (Å²) in [6.07, 6.45) is 7.02. The Bertz CT molecular complexity index is 113. The van der Waals surface area contributed by atoms with Gasteiger partial charge in [-0.2, -0.15) is 0 Å². The second kappa shape index (κ2) is 9.75. The second-order valence-corrected chi connectivity index (χ2v) is 3.35. The molecule has 2 heteroatoms. The van der Waals surface area contributed by atoms with Crippen molar-refractivity contribution >= 4 is 0 Å². The van der Waals surface area contributed by atoms with E-state index in [0.29, 0.717) is 0 Å². The Morgan fingerprint density at radius 2 is 2.00 bits per heavy atom. The first kappa shape index (κ1) is 12.7. The van der Waals surface area contributed by atoms with E-state index >= 15 is 0 Å². The molecule has 2 nitrogen and oxygen atoms in total. The molecule has 0 atom stereocenters. The van der Waals surface area contributed by atoms with E-state index in [2.05, 4.69) is 30.9 Å². The Hall–Kier alpha value is -0.340. The molecule has 0 aromatic rings. The highest BCUT2D eigenvalue weighted by atomic mass is 15.5. The molecule has 0 radical (unpaired) electrons. The molecule has 1 N–H and O–H groups in total. The number of hydrogen-bond donors (Lipinski definition) is 1. The predicted octanol–water partition coefficient (Wildman–Crippen LogP) is 2.58. The summed E-state index contributed by atoms with van der Waals surface area (Å²) < 4.78 is 0. The lowest BCUT2D eigenvalue weighted by atomic mass is 10.2. The number of nitrogens with zero attached hydrogens (tertiary/aromatic N) is 1. The fraction of sp³-hybridized carbons (Fsp3) is 0.818. The first-order chi connectivity index (χ1) is 6.35. The van der Waals surface area contributed by atoms with Crippen LogP contribution in [-0.4, -0.2) is 24.6 Å². The molecule has 0 aromatic heterocycles. The average molecular weight is 184 g/mol. The first-order valence-electron chi connectivity index (χ1n) is 5.44. The zero-order valence-electron chi connectivity index (χ0n) is 9.18. The van der Waals surface area contributed by atoms with Gasteiger partial charge in [0.15, 0.2) is 0 Å². The van der Waals surface area contributed by atoms with Gasteiger partial charge in [-0.25, -0.2) is 5.01 Å². The topological polar surface area (TPSA) is 15.3 Å². The van der Waals surface area contributed by atoms with E-state index in [1.54, 1.807) is 0 Å². The SMILES string of the molecule is C=CCN(CCC)NCCCCC. The number of hydrogen-bond acceptors (Lipinski definition) is 2. The average Bonchev–Trinajstić information content (AvgIpc) is 2.13. The highest BCUT2D eigenvalue weighted by Gasteiger charge is 1.98. The van der Waals surface area contributed by atoms with Crippen molar-refractivity contribution in [3.8, 4) is 0 Å². The lowest BCUT2D eigenvalue weighted by Crippen LogP contribution is -2.39. The Balaban J connectivity index is 3.38. The van der Waals surface area contributed by atoms with Crippen LogP contribution in [0.2, 0.25) is 0 Å². The Kier molecular flexibility index (Phi) is 9.49. The minimum Gasteiger partial charge on any atom is -0.255 e. The van der Waals surface area contributed by atoms with Crippen molar-refractivity contribution in [3.63, 3.8) is 0 Å². The van der Waals surface area contributed by atoms with Crippen LogP contribution >= 0.6 is 0 Å². The van der Waals surface area contributed by atoms with Gasteiger partial charge in [-0.15, -0.1) is 6.58 Å². The molecule has 0 amide bonds. The van der Waals surface area contributed by atoms with Gasteiger partial charge in [0.05, 0.1) is 0 Å². The third kappa shape index (κ3) is 8.00. The standard InChI is InChI=1S/C11H24N2/c1-4-7-8-9-12-13(10-5-2)11-6-3/h5,12H,2,4,6-11H2,1,3H3. The molecule has 0 heterocycles. The minimum atomic E-state index is 0.944. The van der Waals surface area contributed by atoms with Gasteiger partial charge < -0.3 is 0 Å². The molecule has 78 valence electrons. The maximum absolute atomic E-state index is 3.75. The van der Waals surface area contributed by atoms with Crippen molar-refractivity contribution in [2.75, 3.05) is 19.6 Å². The van der Waals surface area contributed by atoms with Crippen molar-refractivity contribution in [2.45, 2.75) is 39.5 Å². The van der Waals surface area contributed by atoms with Gasteiger partial charge in [-0.05, 0) is 12.8 Å². The molecule has 0 aliphatic carbocycles. The van der Waals surface area contributed by atoms with Crippen LogP contribution in [-0.2, 0) is 0 Å². The van der Waals surface area contributed by atoms with Gasteiger partial charge in [-0.3, -0.25) is 5.43 Å². The number of rotatable bonds is 9. The molecular formula is C11H24N2. The highest BCUT2D eigenvalue weighted by Crippen LogP contribution is 1.93. The van der Waals surface area contributed by atoms with Gasteiger partial charge in [0, 0.05) is 19.6 Å². The number of unbranched alkanes of at least 4 members (excludes halogenated alkanes) is 2. The van der Waals surface area contributed by atoms with Gasteiger partial charge >= 0.3 is 0 Å². The van der Waals surface area contributed by atoms with E-state index in [-0.39, 0.29) is 0 Å². The molecule has 0 rings (SSSR count). The van der Waals surface area contributed by atoms with E-state index in [9.17, 15) is 0 Å². The van der Waals surface area contributed by atoms with E-state index in [4.69, 9.17) is 0 Å². The van der Waals surface area contributed by atoms with Crippen LogP contribution in [0.25, 0.3) is 0 Å². The fourth-order valence-electron chi connectivity index (χ4n) is 1.27. The summed E-state index contributed by atoms with van der Waals surface area (Å²) in [4.78, 5) is 0. The van der Waals surface area contributed by atoms with Crippen LogP contribution in [0.3, 0.4) is 0 Å². The molecule has 0 bridgehead atoms. The third-order valence-electron chi connectivity index (χ3n) is 1.96. The smallest absolute Gasteiger partial charge is 0.0309 e. The van der Waals surface area contributed by atoms with Crippen molar-refractivity contribution < 1.29 is 0 Å². The maximum atomic E-state index is 3.75. The maximum Gasteiger partial charge on any atom is 0.0309 e. The lowest BCUT2D eigenvalue weighted by Gasteiger charge is -2.20. The minimum absolute atomic E-state index is 0.944. The summed E-state index contributed by atoms with van der Waals surface area (Å²) in [5.41, 5.74) is 3.42. The summed E-state index contributed by atoms with van der Waals surface area (Å²) in [7, 11) is 0. The molecule has 0 saturated heterocycles. The second-order valence-electron chi connectivity index (χ2n) is 3.35. The summed E-state index contributed by atoms with van der Waals surface area (Å²) in [6.45, 7) is 11.3. The Labute approximate surface area is 83.0 Å². The van der Waals surface area contributed by atoms with Crippen molar-refractivity contribution in [3.05, 3.63) is 12.7 Å². The Morgan fingerprint density at radius 3 is 2.54 bits per heavy atom. The monoisotopic (exact) mass is 184 g/mol. The predicted molar refractivity (Wildman–Crippen MR) is 59.6 cm³/mol. The Morgan fingerprint density at radius 1 is 1.23 bits per heavy atom. The zero-order chi connectivity index (χ0) is 9.94. The molecule has 13 heavy (non-hydrogen) atoms. The van der Waals surface area contributed by atoms with Crippen LogP contribution in [0.5, 0.6) is 0 Å². The summed E-state index contributed by atoms with van der Waals surface area (Å²) in [6, 6.07) is 0. The van der Waals surface area contributed by atoms with Crippen LogP contribution < -0.4 is 5.43 Å². The van der Waals surface area contributed by atoms with Gasteiger partial charge in [-0.1, -0.05) is 32.8 Å². The van der Waals surface area contributed by atoms with Crippen LogP contribution in [0.1, 0.15) is 39.5 Å². The van der Waals surface area contributed by atoms with Crippen molar-refractivity contribution in [1.29, 1.82) is 0 Å². The van der Waals surface area contributed by atoms with E-state index in [0.717, 1.165) is 19.6 Å². The molecule has 0 spiro atoms. The quantitative estimate of drug-likeness (QED) is 0.336. The largest absolute Gasteiger partial charge is 0.255 e. The molecule has 0 aliphatic rings. The zero-order valence-corrected chi connectivity index (χ0v) is 9.18. The normalized spacial score (nSPS) is 10.7. The van der Waals surface area contributed by atoms with Crippen LogP contribution in [0, 0.1) is 0 Å². The van der Waals surface area contributed by atoms with Gasteiger partial charge in [0.1, 0.15) is 0 Å². The fourth-order valence-corrected chi connectivity index (χ4v) is 1.27. The molecule has 0 saturated carbocycles. The third-order valence-corrected chi connectivity index (χ3v) is 1.96. The van der Waals surface area contributed by atoms with Crippen molar-refractivity contribution in [1.82, 2.24) is 10.4 Å². The van der Waals surface area contributed by atoms with Crippen LogP contribution in [0.4, 0.5) is 0 Å². The molecular weight excluding hydrogens is 160 g/mol. The van der Waals surface area contributed by atoms with Crippen molar-refractivity contribution in [2.24, 2.45) is 0 Å². The summed E-state index contributed by atoms with van der Waals surface area (Å²) in [5.74, 6) is 0. The number of nitrogens with one attached hydrogen (secondary N) is 1. The molecule has 0 aromatic carbocycles. The molecule has 0 aliphatic heterocycles. The van der Waals surface area contributed by atoms with E-state index < -0.39 is 0 Å². The molecule has 0 fully saturated rings. The molecule has 0 unspecified atom stereocenters. The van der Waals surface area contributed by atoms with E-state index in [1.807, 2.05) is 6.08 Å². The summed E-state index contributed by atoms with van der Waals surface area (Å²) in [5, 5.41) is 2.24. The van der Waals surface area contributed by atoms with Crippen LogP contribution in [0.15, 0.2) is 12.7 Å². The first-order valence-corrected chi connectivity index (χ1v) is 5.44. The van der Waals surface area contributed by atoms with Gasteiger partial charge in [0.25, 0.3) is 0 Å². The lowest BCUT2D eigenvalue weighted by molar-refractivity contribution is 0.208. The van der Waals surface area contributed by atoms with Gasteiger partial charge in [0.2, 0.25) is 0 Å². The highest BCUT2D eigenvalue weighted by molar-refractivity contribution is 4.70. The summed E-state index contributed by atoms with van der Waals surface area (Å²) >= 11 is 0. The van der Waals surface area contributed by atoms with E-state index in [1.165, 1.54) is 25.7 Å².